The van der Waals surface area contributed by atoms with Crippen LogP contribution in [0, 0.1) is 0 Å². The minimum Gasteiger partial charge on any atom is -0.380 e. The van der Waals surface area contributed by atoms with Gasteiger partial charge in [0, 0.05) is 26.0 Å². The summed E-state index contributed by atoms with van der Waals surface area (Å²) in [6, 6.07) is -0.317. The van der Waals surface area contributed by atoms with Crippen molar-refractivity contribution < 1.29 is 13.9 Å². The van der Waals surface area contributed by atoms with Gasteiger partial charge in [0.05, 0.1) is 12.1 Å². The number of allylic oxidation sites excluding steroid dienone is 1. The molecule has 1 aliphatic heterocycles. The zero-order chi connectivity index (χ0) is 15.9. The smallest absolute Gasteiger partial charge is 0.283 e. The van der Waals surface area contributed by atoms with Crippen molar-refractivity contribution in [3.8, 4) is 0 Å². The van der Waals surface area contributed by atoms with E-state index in [-0.39, 0.29) is 12.1 Å². The third-order valence-corrected chi connectivity index (χ3v) is 4.26. The summed E-state index contributed by atoms with van der Waals surface area (Å²) in [5, 5.41) is 7.14. The largest absolute Gasteiger partial charge is 0.380 e. The van der Waals surface area contributed by atoms with E-state index in [1.807, 2.05) is 0 Å². The average Bonchev–Trinajstić information content (AvgIpc) is 3.09. The number of methoxy groups -OCH3 is 1. The molecule has 0 aromatic carbocycles. The Kier molecular flexibility index (Phi) is 3.99. The van der Waals surface area contributed by atoms with Crippen LogP contribution in [0.2, 0.25) is 0 Å². The molecule has 1 N–H and O–H groups in total. The molecule has 0 spiro atoms. The number of ether oxygens (including phenoxy) is 1. The van der Waals surface area contributed by atoms with Crippen molar-refractivity contribution in [2.45, 2.75) is 51.2 Å². The molecule has 1 aromatic rings. The number of carbonyl (C=O) groups is 1. The number of hydrogen-bond acceptors (Lipinski definition) is 4. The average molecular weight is 308 g/mol. The Morgan fingerprint density at radius 2 is 2.14 bits per heavy atom. The summed E-state index contributed by atoms with van der Waals surface area (Å²) in [6.45, 7) is 3.54. The lowest BCUT2D eigenvalue weighted by molar-refractivity contribution is -0.130. The van der Waals surface area contributed by atoms with Crippen molar-refractivity contribution in [3.05, 3.63) is 23.0 Å². The molecular weight excluding hydrogens is 287 g/mol. The van der Waals surface area contributed by atoms with Gasteiger partial charge in [-0.3, -0.25) is 9.89 Å². The molecule has 3 rings (SSSR count). The van der Waals surface area contributed by atoms with Crippen LogP contribution in [0.5, 0.6) is 0 Å². The molecule has 2 heterocycles. The van der Waals surface area contributed by atoms with E-state index in [0.29, 0.717) is 30.3 Å². The predicted molar refractivity (Wildman–Crippen MR) is 77.7 cm³/mol. The SMILES string of the molecule is CO[C@@H]1C[C@@H](c2nc(C3CC3)n[nH]2)N(C(=O)C(F)=C(C)C)C1. The summed E-state index contributed by atoms with van der Waals surface area (Å²) >= 11 is 0. The van der Waals surface area contributed by atoms with E-state index in [1.54, 1.807) is 21.0 Å². The summed E-state index contributed by atoms with van der Waals surface area (Å²) in [6.07, 6.45) is 2.70. The van der Waals surface area contributed by atoms with E-state index >= 15 is 0 Å². The van der Waals surface area contributed by atoms with Crippen molar-refractivity contribution in [3.63, 3.8) is 0 Å². The monoisotopic (exact) mass is 308 g/mol. The highest BCUT2D eigenvalue weighted by Crippen LogP contribution is 2.39. The van der Waals surface area contributed by atoms with Crippen LogP contribution in [0.3, 0.4) is 0 Å². The molecule has 120 valence electrons. The molecule has 0 radical (unpaired) electrons. The second-order valence-electron chi connectivity index (χ2n) is 6.23. The summed E-state index contributed by atoms with van der Waals surface area (Å²) in [7, 11) is 1.60. The van der Waals surface area contributed by atoms with E-state index in [2.05, 4.69) is 15.2 Å². The minimum absolute atomic E-state index is 0.117. The molecule has 1 amide bonds. The van der Waals surface area contributed by atoms with Gasteiger partial charge >= 0.3 is 0 Å². The van der Waals surface area contributed by atoms with Crippen LogP contribution >= 0.6 is 0 Å². The molecule has 0 bridgehead atoms. The van der Waals surface area contributed by atoms with Gasteiger partial charge in [0.1, 0.15) is 5.82 Å². The van der Waals surface area contributed by atoms with Crippen LogP contribution in [-0.2, 0) is 9.53 Å². The molecule has 1 aliphatic carbocycles. The molecule has 1 aromatic heterocycles. The van der Waals surface area contributed by atoms with Gasteiger partial charge in [-0.25, -0.2) is 9.37 Å². The van der Waals surface area contributed by atoms with Crippen LogP contribution in [0.25, 0.3) is 0 Å². The molecule has 1 saturated heterocycles. The summed E-state index contributed by atoms with van der Waals surface area (Å²) < 4.78 is 19.4. The number of nitrogens with zero attached hydrogens (tertiary/aromatic N) is 3. The molecular formula is C15H21FN4O2. The summed E-state index contributed by atoms with van der Waals surface area (Å²) in [5.41, 5.74) is 0.376. The Hall–Kier alpha value is -1.76. The van der Waals surface area contributed by atoms with Crippen LogP contribution in [-0.4, -0.2) is 45.7 Å². The number of amides is 1. The van der Waals surface area contributed by atoms with Crippen LogP contribution in [0.15, 0.2) is 11.4 Å². The maximum absolute atomic E-state index is 14.0. The zero-order valence-corrected chi connectivity index (χ0v) is 13.1. The molecule has 2 fully saturated rings. The Morgan fingerprint density at radius 3 is 2.73 bits per heavy atom. The molecule has 2 aliphatic rings. The van der Waals surface area contributed by atoms with Crippen LogP contribution in [0.4, 0.5) is 4.39 Å². The second kappa shape index (κ2) is 5.79. The van der Waals surface area contributed by atoms with Gasteiger partial charge in [0.2, 0.25) is 0 Å². The van der Waals surface area contributed by atoms with Crippen LogP contribution in [0.1, 0.15) is 56.7 Å². The molecule has 0 unspecified atom stereocenters. The van der Waals surface area contributed by atoms with Gasteiger partial charge < -0.3 is 9.64 Å². The van der Waals surface area contributed by atoms with Gasteiger partial charge in [-0.2, -0.15) is 5.10 Å². The van der Waals surface area contributed by atoms with Gasteiger partial charge in [0.15, 0.2) is 11.7 Å². The van der Waals surface area contributed by atoms with Crippen molar-refractivity contribution in [2.75, 3.05) is 13.7 Å². The number of rotatable bonds is 4. The number of nitrogens with one attached hydrogen (secondary N) is 1. The molecule has 6 nitrogen and oxygen atoms in total. The number of H-pyrrole nitrogens is 1. The molecule has 22 heavy (non-hydrogen) atoms. The van der Waals surface area contributed by atoms with E-state index in [1.165, 1.54) is 4.90 Å². The van der Waals surface area contributed by atoms with Crippen molar-refractivity contribution in [1.29, 1.82) is 0 Å². The summed E-state index contributed by atoms with van der Waals surface area (Å²) in [4.78, 5) is 18.4. The lowest BCUT2D eigenvalue weighted by atomic mass is 10.2. The number of likely N-dealkylation sites (tertiary alicyclic amines) is 1. The molecule has 7 heteroatoms. The van der Waals surface area contributed by atoms with Crippen LogP contribution < -0.4 is 0 Å². The first-order valence-electron chi connectivity index (χ1n) is 7.60. The van der Waals surface area contributed by atoms with Gasteiger partial charge in [0.25, 0.3) is 5.91 Å². The first-order valence-corrected chi connectivity index (χ1v) is 7.60. The number of hydrogen-bond donors (Lipinski definition) is 1. The van der Waals surface area contributed by atoms with Crippen molar-refractivity contribution >= 4 is 5.91 Å². The van der Waals surface area contributed by atoms with E-state index in [4.69, 9.17) is 4.74 Å². The number of halogens is 1. The Bertz CT molecular complexity index is 604. The van der Waals surface area contributed by atoms with Crippen molar-refractivity contribution in [2.24, 2.45) is 0 Å². The highest BCUT2D eigenvalue weighted by atomic mass is 19.1. The Balaban J connectivity index is 1.85. The fourth-order valence-corrected chi connectivity index (χ4v) is 2.75. The normalized spacial score (nSPS) is 24.6. The van der Waals surface area contributed by atoms with Gasteiger partial charge in [-0.1, -0.05) is 0 Å². The highest BCUT2D eigenvalue weighted by molar-refractivity contribution is 5.92. The van der Waals surface area contributed by atoms with Gasteiger partial charge in [-0.05, 0) is 32.3 Å². The lowest BCUT2D eigenvalue weighted by Gasteiger charge is -2.22. The predicted octanol–water partition coefficient (Wildman–Crippen LogP) is 2.23. The quantitative estimate of drug-likeness (QED) is 0.866. The standard InChI is InChI=1S/C15H21FN4O2/c1-8(2)12(16)15(21)20-7-10(22-3)6-11(20)14-17-13(18-19-14)9-4-5-9/h9-11H,4-7H2,1-3H3,(H,17,18,19)/t10-,11+/m1/s1. The van der Waals surface area contributed by atoms with Crippen molar-refractivity contribution in [1.82, 2.24) is 20.1 Å². The highest BCUT2D eigenvalue weighted by Gasteiger charge is 2.40. The maximum atomic E-state index is 14.0. The zero-order valence-electron chi connectivity index (χ0n) is 13.1. The third kappa shape index (κ3) is 2.77. The Morgan fingerprint density at radius 1 is 1.41 bits per heavy atom. The van der Waals surface area contributed by atoms with E-state index < -0.39 is 11.7 Å². The minimum atomic E-state index is -0.705. The topological polar surface area (TPSA) is 71.1 Å². The third-order valence-electron chi connectivity index (χ3n) is 4.26. The number of aromatic nitrogens is 3. The summed E-state index contributed by atoms with van der Waals surface area (Å²) in [5.74, 6) is 0.545. The fraction of sp³-hybridized carbons (Fsp3) is 0.667. The first-order chi connectivity index (χ1) is 10.5. The first kappa shape index (κ1) is 15.1. The van der Waals surface area contributed by atoms with E-state index in [0.717, 1.165) is 18.7 Å². The maximum Gasteiger partial charge on any atom is 0.283 e. The van der Waals surface area contributed by atoms with E-state index in [9.17, 15) is 9.18 Å². The lowest BCUT2D eigenvalue weighted by Crippen LogP contribution is -2.33. The fourth-order valence-electron chi connectivity index (χ4n) is 2.75. The Labute approximate surface area is 128 Å². The van der Waals surface area contributed by atoms with Gasteiger partial charge in [-0.15, -0.1) is 0 Å². The molecule has 2 atom stereocenters. The molecule has 1 saturated carbocycles. The number of aromatic amines is 1. The second-order valence-corrected chi connectivity index (χ2v) is 6.23. The number of carbonyl (C=O) groups excluding carboxylic acids is 1.